The van der Waals surface area contributed by atoms with Gasteiger partial charge in [-0.25, -0.2) is 9.59 Å². The van der Waals surface area contributed by atoms with Crippen LogP contribution in [0.1, 0.15) is 81.8 Å². The van der Waals surface area contributed by atoms with Crippen LogP contribution in [0.2, 0.25) is 0 Å². The number of hydrogen-bond acceptors (Lipinski definition) is 8. The van der Waals surface area contributed by atoms with Crippen molar-refractivity contribution in [2.45, 2.75) is 104 Å². The average Bonchev–Trinajstić information content (AvgIpc) is 3.34. The molecule has 4 bridgehead atoms. The van der Waals surface area contributed by atoms with Crippen molar-refractivity contribution < 1.29 is 38.5 Å². The molecule has 0 aliphatic carbocycles. The summed E-state index contributed by atoms with van der Waals surface area (Å²) in [6.45, 7) is 11.3. The minimum absolute atomic E-state index is 0.0588. The van der Waals surface area contributed by atoms with Crippen molar-refractivity contribution in [1.29, 1.82) is 0 Å². The Morgan fingerprint density at radius 3 is 2.58 bits per heavy atom. The van der Waals surface area contributed by atoms with Crippen LogP contribution in [0.25, 0.3) is 0 Å². The molecule has 4 aliphatic rings. The van der Waals surface area contributed by atoms with Crippen LogP contribution in [0.15, 0.2) is 18.2 Å². The van der Waals surface area contributed by atoms with E-state index < -0.39 is 47.9 Å². The predicted molar refractivity (Wildman–Crippen MR) is 155 cm³/mol. The molecule has 6 atom stereocenters. The van der Waals surface area contributed by atoms with E-state index in [2.05, 4.69) is 15.5 Å². The highest BCUT2D eigenvalue weighted by atomic mass is 16.8. The molecule has 0 saturated carbocycles. The maximum atomic E-state index is 13.8. The van der Waals surface area contributed by atoms with Gasteiger partial charge >= 0.3 is 12.1 Å². The van der Waals surface area contributed by atoms with Crippen LogP contribution in [0.4, 0.5) is 4.79 Å². The number of epoxide rings is 1. The standard InChI is InChI=1S/C31H44N4O8/c1-30(2,3)23-25(37)35-15-19(13-22(35)27(38)39)42-28-26(43-28)34-14-18-9-8-10-20(21(18)16-34)24(36)32-12-7-6-11-31(4,5)17-41-29(40)33-23/h8-10,19,22-23,26,28H,6-7,11-17H2,1-5H3,(H,32,36)(H,33,40)(H,38,39)/t19-,22?,23-,26?,28?/m1/s1. The molecule has 0 radical (unpaired) electrons. The number of nitrogens with one attached hydrogen (secondary N) is 2. The largest absolute Gasteiger partial charge is 0.480 e. The van der Waals surface area contributed by atoms with E-state index in [0.717, 1.165) is 30.4 Å². The highest BCUT2D eigenvalue weighted by Gasteiger charge is 2.51. The third kappa shape index (κ3) is 7.13. The fraction of sp³-hybridized carbons (Fsp3) is 0.677. The van der Waals surface area contributed by atoms with E-state index in [-0.39, 0.29) is 37.1 Å². The van der Waals surface area contributed by atoms with Gasteiger partial charge in [-0.05, 0) is 40.9 Å². The summed E-state index contributed by atoms with van der Waals surface area (Å²) < 4.78 is 17.6. The first kappa shape index (κ1) is 31.2. The summed E-state index contributed by atoms with van der Waals surface area (Å²) in [5.74, 6) is -1.73. The van der Waals surface area contributed by atoms with Gasteiger partial charge in [-0.1, -0.05) is 53.2 Å². The molecule has 1 aromatic carbocycles. The first-order valence-electron chi connectivity index (χ1n) is 15.1. The van der Waals surface area contributed by atoms with Gasteiger partial charge in [-0.2, -0.15) is 0 Å². The lowest BCUT2D eigenvalue weighted by molar-refractivity contribution is -0.150. The van der Waals surface area contributed by atoms with Crippen LogP contribution >= 0.6 is 0 Å². The van der Waals surface area contributed by atoms with Gasteiger partial charge in [-0.3, -0.25) is 14.5 Å². The zero-order chi connectivity index (χ0) is 31.1. The van der Waals surface area contributed by atoms with Crippen LogP contribution in [-0.4, -0.2) is 89.2 Å². The van der Waals surface area contributed by atoms with Gasteiger partial charge in [0.25, 0.3) is 5.91 Å². The molecule has 3 amide bonds. The SMILES string of the molecule is CC1(C)CCCCNC(=O)c2cccc3c2CN(C3)C2OC2O[C@@H]2CC(C(=O)O)N(C2)C(=O)[C@H](C(C)(C)C)NC(=O)OC1. The first-order chi connectivity index (χ1) is 20.2. The third-order valence-corrected chi connectivity index (χ3v) is 8.73. The molecule has 0 aromatic heterocycles. The number of benzene rings is 1. The fourth-order valence-electron chi connectivity index (χ4n) is 6.19. The number of carbonyl (C=O) groups is 4. The van der Waals surface area contributed by atoms with Gasteiger partial charge in [0, 0.05) is 38.2 Å². The smallest absolute Gasteiger partial charge is 0.407 e. The quantitative estimate of drug-likeness (QED) is 0.414. The summed E-state index contributed by atoms with van der Waals surface area (Å²) in [6, 6.07) is 3.65. The highest BCUT2D eigenvalue weighted by Crippen LogP contribution is 2.38. The first-order valence-corrected chi connectivity index (χ1v) is 15.1. The zero-order valence-electron chi connectivity index (χ0n) is 25.7. The Labute approximate surface area is 252 Å². The van der Waals surface area contributed by atoms with Crippen LogP contribution in [0, 0.1) is 10.8 Å². The van der Waals surface area contributed by atoms with Gasteiger partial charge in [0.1, 0.15) is 12.1 Å². The van der Waals surface area contributed by atoms with Crippen molar-refractivity contribution in [3.8, 4) is 0 Å². The molecule has 3 N–H and O–H groups in total. The summed E-state index contributed by atoms with van der Waals surface area (Å²) >= 11 is 0. The van der Waals surface area contributed by atoms with Crippen LogP contribution in [0.5, 0.6) is 0 Å². The molecule has 12 heteroatoms. The van der Waals surface area contributed by atoms with E-state index in [1.54, 1.807) is 0 Å². The van der Waals surface area contributed by atoms with Crippen molar-refractivity contribution in [3.63, 3.8) is 0 Å². The summed E-state index contributed by atoms with van der Waals surface area (Å²) in [5.41, 5.74) is 1.66. The molecule has 4 aliphatic heterocycles. The number of ether oxygens (including phenoxy) is 3. The van der Waals surface area contributed by atoms with Crippen molar-refractivity contribution in [3.05, 3.63) is 34.9 Å². The van der Waals surface area contributed by atoms with Gasteiger partial charge < -0.3 is 34.9 Å². The molecule has 12 nitrogen and oxygen atoms in total. The van der Waals surface area contributed by atoms with Gasteiger partial charge in [0.05, 0.1) is 12.7 Å². The minimum atomic E-state index is -1.13. The van der Waals surface area contributed by atoms with Gasteiger partial charge in [0.2, 0.25) is 5.91 Å². The summed E-state index contributed by atoms with van der Waals surface area (Å²) in [7, 11) is 0. The number of fused-ring (bicyclic) bond motifs is 5. The van der Waals surface area contributed by atoms with E-state index in [9.17, 15) is 24.3 Å². The van der Waals surface area contributed by atoms with Gasteiger partial charge in [0.15, 0.2) is 12.5 Å². The molecule has 4 heterocycles. The van der Waals surface area contributed by atoms with Crippen molar-refractivity contribution in [2.75, 3.05) is 19.7 Å². The number of amides is 3. The fourth-order valence-corrected chi connectivity index (χ4v) is 6.19. The molecule has 43 heavy (non-hydrogen) atoms. The summed E-state index contributed by atoms with van der Waals surface area (Å²) in [4.78, 5) is 55.4. The molecule has 2 saturated heterocycles. The molecular formula is C31H44N4O8. The number of carboxylic acid groups (broad SMARTS) is 1. The van der Waals surface area contributed by atoms with Crippen molar-refractivity contribution >= 4 is 23.9 Å². The monoisotopic (exact) mass is 600 g/mol. The number of carbonyl (C=O) groups excluding carboxylic acids is 3. The molecule has 236 valence electrons. The molecule has 5 rings (SSSR count). The van der Waals surface area contributed by atoms with E-state index in [1.807, 2.05) is 52.8 Å². The summed E-state index contributed by atoms with van der Waals surface area (Å²) in [6.07, 6.45) is 0.292. The number of cyclic esters (lactones) is 1. The average molecular weight is 601 g/mol. The number of nitrogens with zero attached hydrogens (tertiary/aromatic N) is 2. The maximum Gasteiger partial charge on any atom is 0.407 e. The molecule has 1 aromatic rings. The Balaban J connectivity index is 1.36. The Hall–Kier alpha value is -3.22. The second-order valence-corrected chi connectivity index (χ2v) is 14.0. The van der Waals surface area contributed by atoms with Gasteiger partial charge in [-0.15, -0.1) is 0 Å². The van der Waals surface area contributed by atoms with Crippen molar-refractivity contribution in [1.82, 2.24) is 20.4 Å². The molecule has 2 fully saturated rings. The number of alkyl carbamates (subject to hydrolysis) is 1. The Bertz CT molecular complexity index is 1260. The Kier molecular flexibility index (Phi) is 8.75. The predicted octanol–water partition coefficient (Wildman–Crippen LogP) is 2.84. The van der Waals surface area contributed by atoms with Crippen LogP contribution in [-0.2, 0) is 36.9 Å². The highest BCUT2D eigenvalue weighted by molar-refractivity contribution is 5.96. The zero-order valence-corrected chi connectivity index (χ0v) is 25.7. The lowest BCUT2D eigenvalue weighted by atomic mass is 9.85. The van der Waals surface area contributed by atoms with Crippen molar-refractivity contribution in [2.24, 2.45) is 10.8 Å². The molecule has 4 unspecified atom stereocenters. The second kappa shape index (κ2) is 12.0. The van der Waals surface area contributed by atoms with E-state index >= 15 is 0 Å². The number of hydrogen-bond donors (Lipinski definition) is 3. The second-order valence-electron chi connectivity index (χ2n) is 14.0. The van der Waals surface area contributed by atoms with E-state index in [0.29, 0.717) is 25.2 Å². The van der Waals surface area contributed by atoms with E-state index in [1.165, 1.54) is 4.90 Å². The number of rotatable bonds is 1. The number of carboxylic acids is 1. The summed E-state index contributed by atoms with van der Waals surface area (Å²) in [5, 5.41) is 15.7. The maximum absolute atomic E-state index is 13.8. The lowest BCUT2D eigenvalue weighted by Gasteiger charge is -2.34. The Morgan fingerprint density at radius 1 is 1.09 bits per heavy atom. The lowest BCUT2D eigenvalue weighted by Crippen LogP contribution is -2.57. The third-order valence-electron chi connectivity index (χ3n) is 8.73. The topological polar surface area (TPSA) is 150 Å². The number of aliphatic carboxylic acids is 1. The van der Waals surface area contributed by atoms with E-state index in [4.69, 9.17) is 14.2 Å². The molecule has 0 spiro atoms. The van der Waals surface area contributed by atoms with Crippen LogP contribution in [0.3, 0.4) is 0 Å². The normalized spacial score (nSPS) is 31.8. The Morgan fingerprint density at radius 2 is 1.86 bits per heavy atom. The minimum Gasteiger partial charge on any atom is -0.480 e. The molecular weight excluding hydrogens is 556 g/mol. The van der Waals surface area contributed by atoms with Crippen LogP contribution < -0.4 is 10.6 Å².